The van der Waals surface area contributed by atoms with Gasteiger partial charge in [0.05, 0.1) is 17.7 Å². The van der Waals surface area contributed by atoms with Crippen molar-refractivity contribution in [2.45, 2.75) is 38.0 Å². The van der Waals surface area contributed by atoms with Crippen LogP contribution in [0.15, 0.2) is 66.2 Å². The number of fused-ring (bicyclic) bond motifs is 2. The molecule has 3 aliphatic rings. The largest absolute Gasteiger partial charge is 0.493 e. The van der Waals surface area contributed by atoms with Crippen LogP contribution in [0.5, 0.6) is 11.5 Å². The lowest BCUT2D eigenvalue weighted by molar-refractivity contribution is -0.126. The maximum absolute atomic E-state index is 12.9. The molecule has 6 rings (SSSR count). The zero-order valence-corrected chi connectivity index (χ0v) is 21.5. The lowest BCUT2D eigenvalue weighted by Crippen LogP contribution is -2.34. The first-order chi connectivity index (χ1) is 18.2. The molecule has 0 saturated carbocycles. The minimum atomic E-state index is 0.102. The highest BCUT2D eigenvalue weighted by Crippen LogP contribution is 2.35. The molecule has 0 spiro atoms. The Kier molecular flexibility index (Phi) is 7.13. The lowest BCUT2D eigenvalue weighted by atomic mass is 9.88. The number of carbonyl (C=O) groups excluding carboxylic acids is 1. The van der Waals surface area contributed by atoms with E-state index in [-0.39, 0.29) is 5.91 Å². The zero-order chi connectivity index (χ0) is 25.0. The van der Waals surface area contributed by atoms with Gasteiger partial charge < -0.3 is 19.3 Å². The van der Waals surface area contributed by atoms with Crippen LogP contribution in [0.25, 0.3) is 16.8 Å². The summed E-state index contributed by atoms with van der Waals surface area (Å²) in [4.78, 5) is 17.4. The van der Waals surface area contributed by atoms with Gasteiger partial charge in [0.1, 0.15) is 18.1 Å². The number of nitrogens with zero attached hydrogens (tertiary/aromatic N) is 2. The fourth-order valence-corrected chi connectivity index (χ4v) is 5.96. The van der Waals surface area contributed by atoms with Gasteiger partial charge in [0.25, 0.3) is 5.91 Å². The minimum Gasteiger partial charge on any atom is -0.493 e. The molecule has 5 heteroatoms. The van der Waals surface area contributed by atoms with Crippen molar-refractivity contribution in [1.82, 2.24) is 9.80 Å². The molecule has 192 valence electrons. The highest BCUT2D eigenvalue weighted by molar-refractivity contribution is 5.99. The molecule has 3 aromatic rings. The third-order valence-corrected chi connectivity index (χ3v) is 8.10. The standard InChI is InChI=1S/C32H36N2O3/c35-32(34-16-3-4-17-34)28-22-29-30(9-5-10-31(29)37-23-28)36-20-6-15-33-18-13-25(14-19-33)27-12-11-24-7-1-2-8-26(24)21-27/h1-2,5,7-12,21-22,25H,3-4,6,13-20,23H2. The number of benzene rings is 3. The van der Waals surface area contributed by atoms with Crippen LogP contribution in [-0.2, 0) is 4.79 Å². The second-order valence-electron chi connectivity index (χ2n) is 10.6. The van der Waals surface area contributed by atoms with Crippen LogP contribution in [0.2, 0.25) is 0 Å². The van der Waals surface area contributed by atoms with E-state index in [0.29, 0.717) is 19.1 Å². The molecular weight excluding hydrogens is 460 g/mol. The van der Waals surface area contributed by atoms with Crippen molar-refractivity contribution in [2.24, 2.45) is 0 Å². The van der Waals surface area contributed by atoms with E-state index in [2.05, 4.69) is 47.4 Å². The molecule has 0 atom stereocenters. The molecule has 3 aliphatic heterocycles. The highest BCUT2D eigenvalue weighted by atomic mass is 16.5. The summed E-state index contributed by atoms with van der Waals surface area (Å²) in [7, 11) is 0. The van der Waals surface area contributed by atoms with Crippen LogP contribution in [0.1, 0.15) is 49.1 Å². The quantitative estimate of drug-likeness (QED) is 0.383. The Balaban J connectivity index is 0.997. The maximum atomic E-state index is 12.9. The van der Waals surface area contributed by atoms with Crippen LogP contribution in [-0.4, -0.2) is 61.6 Å². The molecule has 2 fully saturated rings. The Morgan fingerprint density at radius 3 is 2.57 bits per heavy atom. The van der Waals surface area contributed by atoms with Crippen LogP contribution < -0.4 is 9.47 Å². The van der Waals surface area contributed by atoms with E-state index in [1.54, 1.807) is 0 Å². The third kappa shape index (κ3) is 5.37. The molecule has 2 saturated heterocycles. The number of hydrogen-bond donors (Lipinski definition) is 0. The molecule has 37 heavy (non-hydrogen) atoms. The maximum Gasteiger partial charge on any atom is 0.253 e. The molecule has 0 N–H and O–H groups in total. The van der Waals surface area contributed by atoms with Gasteiger partial charge in [-0.05, 0) is 85.7 Å². The summed E-state index contributed by atoms with van der Waals surface area (Å²) in [6.45, 7) is 6.00. The third-order valence-electron chi connectivity index (χ3n) is 8.10. The van der Waals surface area contributed by atoms with Gasteiger partial charge in [0, 0.05) is 19.6 Å². The second kappa shape index (κ2) is 11.0. The van der Waals surface area contributed by atoms with Gasteiger partial charge in [-0.1, -0.05) is 48.5 Å². The first kappa shape index (κ1) is 24.1. The van der Waals surface area contributed by atoms with Crippen molar-refractivity contribution in [2.75, 3.05) is 45.9 Å². The van der Waals surface area contributed by atoms with Gasteiger partial charge >= 0.3 is 0 Å². The fraction of sp³-hybridized carbons (Fsp3) is 0.406. The van der Waals surface area contributed by atoms with Crippen molar-refractivity contribution < 1.29 is 14.3 Å². The summed E-state index contributed by atoms with van der Waals surface area (Å²) < 4.78 is 12.1. The SMILES string of the molecule is O=C(C1=Cc2c(OCCCN3CCC(c4ccc5ccccc5c4)CC3)cccc2OC1)N1CCCC1. The monoisotopic (exact) mass is 496 g/mol. The molecule has 1 amide bonds. The van der Waals surface area contributed by atoms with E-state index in [0.717, 1.165) is 74.6 Å². The van der Waals surface area contributed by atoms with Gasteiger partial charge in [-0.25, -0.2) is 0 Å². The smallest absolute Gasteiger partial charge is 0.253 e. The van der Waals surface area contributed by atoms with Gasteiger partial charge in [0.2, 0.25) is 0 Å². The van der Waals surface area contributed by atoms with E-state index in [1.807, 2.05) is 29.2 Å². The number of piperidine rings is 1. The van der Waals surface area contributed by atoms with Gasteiger partial charge in [-0.2, -0.15) is 0 Å². The Hall–Kier alpha value is -3.31. The highest BCUT2D eigenvalue weighted by Gasteiger charge is 2.26. The Labute approximate surface area is 219 Å². The van der Waals surface area contributed by atoms with Gasteiger partial charge in [0.15, 0.2) is 0 Å². The molecule has 3 aromatic carbocycles. The topological polar surface area (TPSA) is 42.0 Å². The lowest BCUT2D eigenvalue weighted by Gasteiger charge is -2.32. The predicted molar refractivity (Wildman–Crippen MR) is 148 cm³/mol. The first-order valence-corrected chi connectivity index (χ1v) is 13.8. The van der Waals surface area contributed by atoms with Crippen molar-refractivity contribution in [3.63, 3.8) is 0 Å². The Morgan fingerprint density at radius 2 is 1.73 bits per heavy atom. The molecular formula is C32H36N2O3. The fourth-order valence-electron chi connectivity index (χ4n) is 5.96. The van der Waals surface area contributed by atoms with Gasteiger partial charge in [-0.15, -0.1) is 0 Å². The average Bonchev–Trinajstić information content (AvgIpc) is 3.50. The molecule has 0 radical (unpaired) electrons. The Morgan fingerprint density at radius 1 is 0.919 bits per heavy atom. The zero-order valence-electron chi connectivity index (χ0n) is 21.5. The summed E-state index contributed by atoms with van der Waals surface area (Å²) in [6, 6.07) is 21.5. The van der Waals surface area contributed by atoms with E-state index in [1.165, 1.54) is 29.2 Å². The van der Waals surface area contributed by atoms with Gasteiger partial charge in [-0.3, -0.25) is 4.79 Å². The number of hydrogen-bond acceptors (Lipinski definition) is 4. The molecule has 0 aliphatic carbocycles. The minimum absolute atomic E-state index is 0.102. The van der Waals surface area contributed by atoms with Crippen LogP contribution >= 0.6 is 0 Å². The summed E-state index contributed by atoms with van der Waals surface area (Å²) in [5.41, 5.74) is 3.10. The normalized spacial score (nSPS) is 18.4. The van der Waals surface area contributed by atoms with Crippen molar-refractivity contribution >= 4 is 22.8 Å². The van der Waals surface area contributed by atoms with Crippen molar-refractivity contribution in [3.8, 4) is 11.5 Å². The number of rotatable bonds is 7. The van der Waals surface area contributed by atoms with E-state index >= 15 is 0 Å². The predicted octanol–water partition coefficient (Wildman–Crippen LogP) is 5.89. The van der Waals surface area contributed by atoms with E-state index in [4.69, 9.17) is 9.47 Å². The molecule has 0 unspecified atom stereocenters. The Bertz CT molecular complexity index is 1290. The molecule has 3 heterocycles. The summed E-state index contributed by atoms with van der Waals surface area (Å²) in [5, 5.41) is 2.66. The first-order valence-electron chi connectivity index (χ1n) is 13.8. The number of likely N-dealkylation sites (tertiary alicyclic amines) is 2. The average molecular weight is 497 g/mol. The van der Waals surface area contributed by atoms with Crippen molar-refractivity contribution in [1.29, 1.82) is 0 Å². The van der Waals surface area contributed by atoms with E-state index < -0.39 is 0 Å². The molecule has 5 nitrogen and oxygen atoms in total. The van der Waals surface area contributed by atoms with Crippen LogP contribution in [0, 0.1) is 0 Å². The number of amides is 1. The molecule has 0 bridgehead atoms. The summed E-state index contributed by atoms with van der Waals surface area (Å²) in [6.07, 6.45) is 7.56. The summed E-state index contributed by atoms with van der Waals surface area (Å²) >= 11 is 0. The number of carbonyl (C=O) groups is 1. The number of ether oxygens (including phenoxy) is 2. The van der Waals surface area contributed by atoms with E-state index in [9.17, 15) is 4.79 Å². The second-order valence-corrected chi connectivity index (χ2v) is 10.6. The molecule has 0 aromatic heterocycles. The summed E-state index contributed by atoms with van der Waals surface area (Å²) in [5.74, 6) is 2.35. The van der Waals surface area contributed by atoms with Crippen molar-refractivity contribution in [3.05, 3.63) is 77.4 Å². The van der Waals surface area contributed by atoms with Crippen LogP contribution in [0.3, 0.4) is 0 Å². The van der Waals surface area contributed by atoms with Crippen LogP contribution in [0.4, 0.5) is 0 Å².